The molecule has 2 nitrogen and oxygen atoms in total. The van der Waals surface area contributed by atoms with E-state index in [1.54, 1.807) is 0 Å². The largest absolute Gasteiger partial charge is 0.363 e. The summed E-state index contributed by atoms with van der Waals surface area (Å²) in [5.74, 6) is 1.29. The van der Waals surface area contributed by atoms with Gasteiger partial charge in [-0.2, -0.15) is 11.8 Å². The van der Waals surface area contributed by atoms with Crippen LogP contribution in [0, 0.1) is 0 Å². The van der Waals surface area contributed by atoms with E-state index >= 15 is 0 Å². The highest BCUT2D eigenvalue weighted by atomic mass is 32.2. The van der Waals surface area contributed by atoms with E-state index in [1.807, 2.05) is 0 Å². The maximum Gasteiger partial charge on any atom is 0.0640 e. The van der Waals surface area contributed by atoms with Crippen LogP contribution < -0.4 is 10.6 Å². The Labute approximate surface area is 114 Å². The average Bonchev–Trinajstić information content (AvgIpc) is 2.84. The van der Waals surface area contributed by atoms with Gasteiger partial charge in [-0.15, -0.1) is 0 Å². The molecule has 0 amide bonds. The summed E-state index contributed by atoms with van der Waals surface area (Å²) >= 11 is 2.09. The van der Waals surface area contributed by atoms with Crippen LogP contribution in [-0.4, -0.2) is 29.6 Å². The van der Waals surface area contributed by atoms with Crippen molar-refractivity contribution in [1.82, 2.24) is 0 Å². The molecule has 2 atom stereocenters. The molecule has 2 N–H and O–H groups in total. The second-order valence-electron chi connectivity index (χ2n) is 5.45. The van der Waals surface area contributed by atoms with Crippen LogP contribution in [0.4, 0.5) is 5.69 Å². The van der Waals surface area contributed by atoms with Crippen molar-refractivity contribution in [3.05, 3.63) is 29.8 Å². The van der Waals surface area contributed by atoms with Crippen LogP contribution >= 0.6 is 11.8 Å². The van der Waals surface area contributed by atoms with Gasteiger partial charge in [0, 0.05) is 24.0 Å². The molecule has 0 radical (unpaired) electrons. The van der Waals surface area contributed by atoms with Crippen molar-refractivity contribution in [1.29, 1.82) is 0 Å². The van der Waals surface area contributed by atoms with E-state index in [1.165, 1.54) is 36.3 Å². The maximum atomic E-state index is 6.21. The summed E-state index contributed by atoms with van der Waals surface area (Å²) in [6, 6.07) is 8.84. The Kier molecular flexibility index (Phi) is 3.29. The van der Waals surface area contributed by atoms with E-state index in [2.05, 4.69) is 47.9 Å². The Bertz CT molecular complexity index is 434. The molecule has 1 aromatic carbocycles. The topological polar surface area (TPSA) is 29.3 Å². The molecular weight excluding hydrogens is 240 g/mol. The molecule has 2 heterocycles. The SMILES string of the molecule is CC1SCCCC1(CN)N1CCc2ccccc21. The number of nitrogens with zero attached hydrogens (tertiary/aromatic N) is 1. The first-order valence-electron chi connectivity index (χ1n) is 6.95. The normalized spacial score (nSPS) is 31.4. The molecule has 1 saturated heterocycles. The van der Waals surface area contributed by atoms with Gasteiger partial charge in [0.25, 0.3) is 0 Å². The summed E-state index contributed by atoms with van der Waals surface area (Å²) in [6.07, 6.45) is 3.71. The van der Waals surface area contributed by atoms with Gasteiger partial charge in [-0.1, -0.05) is 25.1 Å². The van der Waals surface area contributed by atoms with E-state index < -0.39 is 0 Å². The number of hydrogen-bond acceptors (Lipinski definition) is 3. The van der Waals surface area contributed by atoms with Crippen molar-refractivity contribution in [2.24, 2.45) is 5.73 Å². The van der Waals surface area contributed by atoms with Crippen LogP contribution in [0.5, 0.6) is 0 Å². The Morgan fingerprint density at radius 1 is 1.44 bits per heavy atom. The lowest BCUT2D eigenvalue weighted by molar-refractivity contribution is 0.358. The fourth-order valence-electron chi connectivity index (χ4n) is 3.53. The molecule has 18 heavy (non-hydrogen) atoms. The number of fused-ring (bicyclic) bond motifs is 1. The number of rotatable bonds is 2. The molecule has 1 aromatic rings. The minimum Gasteiger partial charge on any atom is -0.363 e. The third-order valence-corrected chi connectivity index (χ3v) is 6.12. The Hall–Kier alpha value is -0.670. The summed E-state index contributed by atoms with van der Waals surface area (Å²) in [5, 5.41) is 0.627. The zero-order valence-corrected chi connectivity index (χ0v) is 11.9. The van der Waals surface area contributed by atoms with Gasteiger partial charge in [0.05, 0.1) is 5.54 Å². The van der Waals surface area contributed by atoms with E-state index in [0.717, 1.165) is 13.1 Å². The van der Waals surface area contributed by atoms with Gasteiger partial charge in [-0.3, -0.25) is 0 Å². The number of para-hydroxylation sites is 1. The first-order valence-corrected chi connectivity index (χ1v) is 8.00. The van der Waals surface area contributed by atoms with Crippen molar-refractivity contribution < 1.29 is 0 Å². The Balaban J connectivity index is 1.98. The molecule has 0 aliphatic carbocycles. The van der Waals surface area contributed by atoms with Gasteiger partial charge >= 0.3 is 0 Å². The van der Waals surface area contributed by atoms with E-state index in [0.29, 0.717) is 5.25 Å². The lowest BCUT2D eigenvalue weighted by atomic mass is 9.87. The molecule has 3 heteroatoms. The summed E-state index contributed by atoms with van der Waals surface area (Å²) in [6.45, 7) is 4.27. The third-order valence-electron chi connectivity index (χ3n) is 4.66. The Morgan fingerprint density at radius 2 is 2.28 bits per heavy atom. The zero-order valence-electron chi connectivity index (χ0n) is 11.1. The zero-order chi connectivity index (χ0) is 12.6. The molecule has 2 unspecified atom stereocenters. The van der Waals surface area contributed by atoms with Crippen LogP contribution in [0.1, 0.15) is 25.3 Å². The van der Waals surface area contributed by atoms with Crippen molar-refractivity contribution in [2.45, 2.75) is 37.0 Å². The summed E-state index contributed by atoms with van der Waals surface area (Å²) < 4.78 is 0. The fraction of sp³-hybridized carbons (Fsp3) is 0.600. The number of benzene rings is 1. The Morgan fingerprint density at radius 3 is 3.06 bits per heavy atom. The fourth-order valence-corrected chi connectivity index (χ4v) is 4.85. The third kappa shape index (κ3) is 1.76. The monoisotopic (exact) mass is 262 g/mol. The van der Waals surface area contributed by atoms with Crippen LogP contribution in [0.25, 0.3) is 0 Å². The number of anilines is 1. The van der Waals surface area contributed by atoms with Gasteiger partial charge < -0.3 is 10.6 Å². The standard InChI is InChI=1S/C15H22N2S/c1-12-15(11-16,8-4-10-18-12)17-9-7-13-5-2-3-6-14(13)17/h2-3,5-6,12H,4,7-11,16H2,1H3. The lowest BCUT2D eigenvalue weighted by Gasteiger charge is -2.49. The van der Waals surface area contributed by atoms with E-state index in [-0.39, 0.29) is 5.54 Å². The molecule has 2 aliphatic rings. The van der Waals surface area contributed by atoms with Crippen molar-refractivity contribution in [3.8, 4) is 0 Å². The highest BCUT2D eigenvalue weighted by molar-refractivity contribution is 8.00. The predicted molar refractivity (Wildman–Crippen MR) is 80.4 cm³/mol. The average molecular weight is 262 g/mol. The number of thioether (sulfide) groups is 1. The quantitative estimate of drug-likeness (QED) is 0.888. The highest BCUT2D eigenvalue weighted by Crippen LogP contribution is 2.43. The molecule has 98 valence electrons. The summed E-state index contributed by atoms with van der Waals surface area (Å²) in [7, 11) is 0. The van der Waals surface area contributed by atoms with Crippen LogP contribution in [0.3, 0.4) is 0 Å². The maximum absolute atomic E-state index is 6.21. The smallest absolute Gasteiger partial charge is 0.0640 e. The van der Waals surface area contributed by atoms with Crippen molar-refractivity contribution in [2.75, 3.05) is 23.7 Å². The summed E-state index contributed by atoms with van der Waals surface area (Å²) in [5.41, 5.74) is 9.31. The highest BCUT2D eigenvalue weighted by Gasteiger charge is 2.44. The van der Waals surface area contributed by atoms with Crippen molar-refractivity contribution >= 4 is 17.4 Å². The molecule has 3 rings (SSSR count). The van der Waals surface area contributed by atoms with E-state index in [4.69, 9.17) is 5.73 Å². The molecule has 0 aromatic heterocycles. The van der Waals surface area contributed by atoms with Gasteiger partial charge in [-0.25, -0.2) is 0 Å². The minimum absolute atomic E-state index is 0.176. The second kappa shape index (κ2) is 4.78. The molecule has 0 bridgehead atoms. The molecule has 0 saturated carbocycles. The number of nitrogens with two attached hydrogens (primary N) is 1. The van der Waals surface area contributed by atoms with Crippen LogP contribution in [0.2, 0.25) is 0 Å². The summed E-state index contributed by atoms with van der Waals surface area (Å²) in [4.78, 5) is 2.61. The molecule has 1 fully saturated rings. The van der Waals surface area contributed by atoms with E-state index in [9.17, 15) is 0 Å². The lowest BCUT2D eigenvalue weighted by Crippen LogP contribution is -2.60. The van der Waals surface area contributed by atoms with Gasteiger partial charge in [-0.05, 0) is 36.6 Å². The number of hydrogen-bond donors (Lipinski definition) is 1. The van der Waals surface area contributed by atoms with Crippen molar-refractivity contribution in [3.63, 3.8) is 0 Å². The second-order valence-corrected chi connectivity index (χ2v) is 6.90. The molecule has 0 spiro atoms. The van der Waals surface area contributed by atoms with Gasteiger partial charge in [0.15, 0.2) is 0 Å². The van der Waals surface area contributed by atoms with Crippen LogP contribution in [0.15, 0.2) is 24.3 Å². The van der Waals surface area contributed by atoms with Crippen LogP contribution in [-0.2, 0) is 6.42 Å². The first kappa shape index (κ1) is 12.4. The van der Waals surface area contributed by atoms with Gasteiger partial charge in [0.2, 0.25) is 0 Å². The molecular formula is C15H22N2S. The predicted octanol–water partition coefficient (Wildman–Crippen LogP) is 2.66. The minimum atomic E-state index is 0.176. The molecule has 2 aliphatic heterocycles. The first-order chi connectivity index (χ1) is 8.78. The van der Waals surface area contributed by atoms with Gasteiger partial charge in [0.1, 0.15) is 0 Å².